The van der Waals surface area contributed by atoms with Crippen molar-refractivity contribution in [2.45, 2.75) is 58.7 Å². The second-order valence-corrected chi connectivity index (χ2v) is 6.75. The van der Waals surface area contributed by atoms with Crippen LogP contribution in [0.3, 0.4) is 0 Å². The van der Waals surface area contributed by atoms with Gasteiger partial charge in [0.1, 0.15) is 5.60 Å². The summed E-state index contributed by atoms with van der Waals surface area (Å²) in [5.41, 5.74) is 0.0217. The monoisotopic (exact) mass is 354 g/mol. The fourth-order valence-corrected chi connectivity index (χ4v) is 2.53. The Morgan fingerprint density at radius 1 is 1.32 bits per heavy atom. The smallest absolute Gasteiger partial charge is 0.407 e. The van der Waals surface area contributed by atoms with Gasteiger partial charge < -0.3 is 19.5 Å². The number of rotatable bonds is 5. The summed E-state index contributed by atoms with van der Waals surface area (Å²) in [4.78, 5) is 24.1. The lowest BCUT2D eigenvalue weighted by atomic mass is 10.1. The first-order chi connectivity index (χ1) is 11.8. The number of alkyl carbamates (subject to hydrolysis) is 1. The molecule has 2 rings (SSSR count). The van der Waals surface area contributed by atoms with E-state index in [2.05, 4.69) is 15.6 Å². The predicted octanol–water partition coefficient (Wildman–Crippen LogP) is 1.83. The molecule has 1 aliphatic heterocycles. The minimum atomic E-state index is -0.604. The van der Waals surface area contributed by atoms with Crippen molar-refractivity contribution in [1.82, 2.24) is 20.3 Å². The maximum absolute atomic E-state index is 12.1. The summed E-state index contributed by atoms with van der Waals surface area (Å²) >= 11 is 0. The number of hydrogen-bond acceptors (Lipinski definition) is 7. The van der Waals surface area contributed by atoms with E-state index in [-0.39, 0.29) is 24.9 Å². The molecule has 140 valence electrons. The molecule has 1 aliphatic rings. The molecule has 0 spiro atoms. The molecule has 0 saturated carbocycles. The first-order valence-electron chi connectivity index (χ1n) is 8.47. The molecule has 0 atom stereocenters. The normalized spacial score (nSPS) is 15.7. The number of aromatic nitrogens is 3. The highest BCUT2D eigenvalue weighted by Gasteiger charge is 2.27. The van der Waals surface area contributed by atoms with Gasteiger partial charge in [0.25, 0.3) is 0 Å². The summed E-state index contributed by atoms with van der Waals surface area (Å²) < 4.78 is 17.3. The summed E-state index contributed by atoms with van der Waals surface area (Å²) in [7, 11) is 0. The second kappa shape index (κ2) is 8.28. The van der Waals surface area contributed by atoms with Crippen molar-refractivity contribution in [2.75, 3.05) is 19.8 Å². The molecule has 1 aromatic heterocycles. The van der Waals surface area contributed by atoms with Crippen LogP contribution in [0.15, 0.2) is 0 Å². The Kier molecular flexibility index (Phi) is 6.35. The summed E-state index contributed by atoms with van der Waals surface area (Å²) in [5.74, 6) is -0.554. The Morgan fingerprint density at radius 2 is 2.00 bits per heavy atom. The Morgan fingerprint density at radius 3 is 2.60 bits per heavy atom. The molecule has 1 aromatic rings. The third-order valence-corrected chi connectivity index (χ3v) is 3.60. The SMILES string of the molecule is CCOC(=O)c1nnn(C2CCOCC2)c1CNC(=O)OC(C)(C)C. The van der Waals surface area contributed by atoms with Gasteiger partial charge in [0, 0.05) is 13.2 Å². The Balaban J connectivity index is 2.17. The van der Waals surface area contributed by atoms with Crippen molar-refractivity contribution in [2.24, 2.45) is 0 Å². The molecule has 2 heterocycles. The van der Waals surface area contributed by atoms with E-state index in [0.717, 1.165) is 12.8 Å². The van der Waals surface area contributed by atoms with E-state index in [4.69, 9.17) is 14.2 Å². The summed E-state index contributed by atoms with van der Waals surface area (Å²) in [6, 6.07) is 0.0693. The molecule has 0 unspecified atom stereocenters. The van der Waals surface area contributed by atoms with Crippen LogP contribution in [0.1, 0.15) is 62.8 Å². The average molecular weight is 354 g/mol. The van der Waals surface area contributed by atoms with E-state index in [9.17, 15) is 9.59 Å². The molecule has 0 bridgehead atoms. The van der Waals surface area contributed by atoms with Crippen LogP contribution in [-0.2, 0) is 20.8 Å². The van der Waals surface area contributed by atoms with Crippen molar-refractivity contribution in [3.63, 3.8) is 0 Å². The minimum Gasteiger partial charge on any atom is -0.461 e. The highest BCUT2D eigenvalue weighted by atomic mass is 16.6. The summed E-state index contributed by atoms with van der Waals surface area (Å²) in [6.45, 7) is 8.63. The largest absolute Gasteiger partial charge is 0.461 e. The van der Waals surface area contributed by atoms with Crippen molar-refractivity contribution in [1.29, 1.82) is 0 Å². The zero-order valence-corrected chi connectivity index (χ0v) is 15.2. The lowest BCUT2D eigenvalue weighted by Gasteiger charge is -2.24. The standard InChI is InChI=1S/C16H26N4O5/c1-5-24-14(21)13-12(10-17-15(22)25-16(2,3)4)20(19-18-13)11-6-8-23-9-7-11/h11H,5-10H2,1-4H3,(H,17,22). The molecule has 1 N–H and O–H groups in total. The highest BCUT2D eigenvalue weighted by molar-refractivity contribution is 5.88. The number of carbonyl (C=O) groups is 2. The predicted molar refractivity (Wildman–Crippen MR) is 88.1 cm³/mol. The molecule has 1 saturated heterocycles. The van der Waals surface area contributed by atoms with E-state index in [1.807, 2.05) is 0 Å². The molecule has 25 heavy (non-hydrogen) atoms. The first kappa shape index (κ1) is 19.2. The van der Waals surface area contributed by atoms with Gasteiger partial charge in [0.15, 0.2) is 5.69 Å². The molecule has 0 aliphatic carbocycles. The van der Waals surface area contributed by atoms with Crippen LogP contribution < -0.4 is 5.32 Å². The Hall–Kier alpha value is -2.16. The Bertz CT molecular complexity index is 602. The molecule has 1 amide bonds. The van der Waals surface area contributed by atoms with Gasteiger partial charge in [0.2, 0.25) is 0 Å². The molecular formula is C16H26N4O5. The topological polar surface area (TPSA) is 105 Å². The zero-order chi connectivity index (χ0) is 18.4. The number of nitrogens with one attached hydrogen (secondary N) is 1. The van der Waals surface area contributed by atoms with Crippen molar-refractivity contribution < 1.29 is 23.8 Å². The third kappa shape index (κ3) is 5.42. The van der Waals surface area contributed by atoms with Gasteiger partial charge in [0.05, 0.1) is 24.9 Å². The fraction of sp³-hybridized carbons (Fsp3) is 0.750. The third-order valence-electron chi connectivity index (χ3n) is 3.60. The van der Waals surface area contributed by atoms with E-state index in [1.165, 1.54) is 0 Å². The number of nitrogens with zero attached hydrogens (tertiary/aromatic N) is 3. The van der Waals surface area contributed by atoms with Crippen molar-refractivity contribution in [3.05, 3.63) is 11.4 Å². The Labute approximate surface area is 147 Å². The van der Waals surface area contributed by atoms with Gasteiger partial charge in [-0.05, 0) is 40.5 Å². The number of carbonyl (C=O) groups excluding carboxylic acids is 2. The van der Waals surface area contributed by atoms with E-state index in [0.29, 0.717) is 18.9 Å². The minimum absolute atomic E-state index is 0.0693. The maximum Gasteiger partial charge on any atom is 0.407 e. The van der Waals surface area contributed by atoms with Crippen LogP contribution in [0.2, 0.25) is 0 Å². The number of hydrogen-bond donors (Lipinski definition) is 1. The van der Waals surface area contributed by atoms with Gasteiger partial charge in [-0.3, -0.25) is 0 Å². The second-order valence-electron chi connectivity index (χ2n) is 6.75. The zero-order valence-electron chi connectivity index (χ0n) is 15.2. The molecule has 0 aromatic carbocycles. The van der Waals surface area contributed by atoms with Crippen LogP contribution in [0, 0.1) is 0 Å². The van der Waals surface area contributed by atoms with Crippen LogP contribution in [0.5, 0.6) is 0 Å². The average Bonchev–Trinajstić information content (AvgIpc) is 2.96. The van der Waals surface area contributed by atoms with Crippen LogP contribution in [-0.4, -0.2) is 52.5 Å². The van der Waals surface area contributed by atoms with Crippen molar-refractivity contribution >= 4 is 12.1 Å². The molecule has 1 fully saturated rings. The quantitative estimate of drug-likeness (QED) is 0.804. The lowest BCUT2D eigenvalue weighted by molar-refractivity contribution is 0.0492. The van der Waals surface area contributed by atoms with Crippen LogP contribution in [0.25, 0.3) is 0 Å². The molecule has 9 nitrogen and oxygen atoms in total. The van der Waals surface area contributed by atoms with Crippen molar-refractivity contribution in [3.8, 4) is 0 Å². The van der Waals surface area contributed by atoms with E-state index < -0.39 is 17.7 Å². The number of esters is 1. The highest BCUT2D eigenvalue weighted by Crippen LogP contribution is 2.23. The van der Waals surface area contributed by atoms with Gasteiger partial charge in [-0.2, -0.15) is 0 Å². The van der Waals surface area contributed by atoms with E-state index >= 15 is 0 Å². The van der Waals surface area contributed by atoms with Crippen LogP contribution in [0.4, 0.5) is 4.79 Å². The first-order valence-corrected chi connectivity index (χ1v) is 8.47. The van der Waals surface area contributed by atoms with E-state index in [1.54, 1.807) is 32.4 Å². The van der Waals surface area contributed by atoms with Gasteiger partial charge in [-0.15, -0.1) is 5.10 Å². The molecule has 9 heteroatoms. The maximum atomic E-state index is 12.1. The summed E-state index contributed by atoms with van der Waals surface area (Å²) in [5, 5.41) is 10.7. The van der Waals surface area contributed by atoms with Gasteiger partial charge in [-0.25, -0.2) is 14.3 Å². The lowest BCUT2D eigenvalue weighted by Crippen LogP contribution is -2.33. The number of ether oxygens (including phenoxy) is 3. The number of amides is 1. The molecule has 0 radical (unpaired) electrons. The summed E-state index contributed by atoms with van der Waals surface area (Å²) in [6.07, 6.45) is 0.970. The van der Waals surface area contributed by atoms with Gasteiger partial charge in [-0.1, -0.05) is 5.21 Å². The fourth-order valence-electron chi connectivity index (χ4n) is 2.53. The van der Waals surface area contributed by atoms with Gasteiger partial charge >= 0.3 is 12.1 Å². The molecular weight excluding hydrogens is 328 g/mol. The van der Waals surface area contributed by atoms with Crippen LogP contribution >= 0.6 is 0 Å².